The third-order valence-electron chi connectivity index (χ3n) is 5.91. The molecule has 29 heavy (non-hydrogen) atoms. The van der Waals surface area contributed by atoms with Crippen LogP contribution in [0.15, 0.2) is 42.5 Å². The smallest absolute Gasteiger partial charge is 0.232 e. The van der Waals surface area contributed by atoms with E-state index in [1.807, 2.05) is 18.2 Å². The predicted octanol–water partition coefficient (Wildman–Crippen LogP) is 2.60. The van der Waals surface area contributed by atoms with Crippen LogP contribution in [-0.2, 0) is 23.0 Å². The number of nitrogens with one attached hydrogen (secondary N) is 2. The van der Waals surface area contributed by atoms with Gasteiger partial charge in [0.15, 0.2) is 0 Å². The van der Waals surface area contributed by atoms with Gasteiger partial charge in [0, 0.05) is 30.7 Å². The fraction of sp³-hybridized carbons (Fsp3) is 0.455. The highest BCUT2D eigenvalue weighted by Crippen LogP contribution is 2.36. The summed E-state index contributed by atoms with van der Waals surface area (Å²) in [6, 6.07) is 15.0. The van der Waals surface area contributed by atoms with Gasteiger partial charge in [-0.05, 0) is 49.1 Å². The molecule has 0 aromatic heterocycles. The summed E-state index contributed by atoms with van der Waals surface area (Å²) in [4.78, 5) is 0. The summed E-state index contributed by atoms with van der Waals surface area (Å²) < 4.78 is 31.4. The van der Waals surface area contributed by atoms with Crippen molar-refractivity contribution in [1.82, 2.24) is 10.6 Å². The van der Waals surface area contributed by atoms with Crippen LogP contribution < -0.4 is 19.7 Å². The average molecular weight is 416 g/mol. The number of benzene rings is 2. The molecule has 2 aliphatic rings. The first kappa shape index (κ1) is 20.2. The maximum Gasteiger partial charge on any atom is 0.232 e. The molecule has 2 N–H and O–H groups in total. The van der Waals surface area contributed by atoms with Gasteiger partial charge in [-0.3, -0.25) is 4.31 Å². The van der Waals surface area contributed by atoms with Crippen LogP contribution in [0.4, 0.5) is 5.69 Å². The van der Waals surface area contributed by atoms with Crippen LogP contribution in [0.25, 0.3) is 0 Å². The maximum absolute atomic E-state index is 12.1. The van der Waals surface area contributed by atoms with E-state index >= 15 is 0 Å². The second-order valence-corrected chi connectivity index (χ2v) is 9.76. The van der Waals surface area contributed by atoms with E-state index in [9.17, 15) is 8.42 Å². The summed E-state index contributed by atoms with van der Waals surface area (Å²) in [6.07, 6.45) is 4.21. The van der Waals surface area contributed by atoms with Crippen molar-refractivity contribution in [1.29, 1.82) is 0 Å². The normalized spacial score (nSPS) is 21.8. The van der Waals surface area contributed by atoms with E-state index in [-0.39, 0.29) is 6.04 Å². The molecule has 2 heterocycles. The molecular formula is C22H29N3O3S. The summed E-state index contributed by atoms with van der Waals surface area (Å²) in [5.74, 6) is 0.812. The van der Waals surface area contributed by atoms with Gasteiger partial charge in [-0.15, -0.1) is 0 Å². The minimum atomic E-state index is -3.27. The van der Waals surface area contributed by atoms with Gasteiger partial charge in [0.1, 0.15) is 5.75 Å². The lowest BCUT2D eigenvalue weighted by atomic mass is 9.92. The summed E-state index contributed by atoms with van der Waals surface area (Å²) in [5.41, 5.74) is 4.08. The van der Waals surface area contributed by atoms with Gasteiger partial charge >= 0.3 is 0 Å². The number of hydrogen-bond donors (Lipinski definition) is 2. The van der Waals surface area contributed by atoms with E-state index in [0.717, 1.165) is 48.4 Å². The Morgan fingerprint density at radius 1 is 1.24 bits per heavy atom. The number of piperidine rings is 1. The van der Waals surface area contributed by atoms with Crippen molar-refractivity contribution in [2.45, 2.75) is 37.9 Å². The number of ether oxygens (including phenoxy) is 1. The second-order valence-electron chi connectivity index (χ2n) is 7.85. The first-order valence-electron chi connectivity index (χ1n) is 10.2. The Morgan fingerprint density at radius 2 is 2.03 bits per heavy atom. The molecule has 156 valence electrons. The molecule has 7 heteroatoms. The average Bonchev–Trinajstić information content (AvgIpc) is 3.15. The van der Waals surface area contributed by atoms with E-state index in [2.05, 4.69) is 34.9 Å². The molecule has 0 radical (unpaired) electrons. The lowest BCUT2D eigenvalue weighted by molar-refractivity contribution is 0.303. The van der Waals surface area contributed by atoms with Crippen molar-refractivity contribution in [2.75, 3.05) is 30.8 Å². The highest BCUT2D eigenvalue weighted by atomic mass is 32.2. The summed E-state index contributed by atoms with van der Waals surface area (Å²) in [5, 5.41) is 7.33. The Hall–Kier alpha value is -2.09. The Labute approximate surface area is 173 Å². The Morgan fingerprint density at radius 3 is 2.76 bits per heavy atom. The lowest BCUT2D eigenvalue weighted by Gasteiger charge is -2.34. The zero-order valence-corrected chi connectivity index (χ0v) is 17.8. The molecule has 2 aromatic rings. The van der Waals surface area contributed by atoms with Crippen LogP contribution in [0, 0.1) is 0 Å². The number of methoxy groups -OCH3 is 1. The van der Waals surface area contributed by atoms with Crippen molar-refractivity contribution in [2.24, 2.45) is 0 Å². The molecule has 1 saturated heterocycles. The maximum atomic E-state index is 12.1. The standard InChI is InChI=1S/C22H29N3O3S/c1-28-21-14-17-10-12-25(29(2,26)27)20(17)13-18(21)15-24-19-9-6-11-23-22(19)16-7-4-3-5-8-16/h3-5,7-8,13-14,19,22-24H,6,9-12,15H2,1-2H3/t19-,22-/m1/s1. The number of rotatable bonds is 6. The van der Waals surface area contributed by atoms with E-state index in [1.165, 1.54) is 16.1 Å². The molecule has 0 aliphatic carbocycles. The second kappa shape index (κ2) is 8.34. The molecule has 0 spiro atoms. The Balaban J connectivity index is 1.56. The van der Waals surface area contributed by atoms with Crippen molar-refractivity contribution in [3.05, 3.63) is 59.2 Å². The van der Waals surface area contributed by atoms with Crippen LogP contribution in [0.2, 0.25) is 0 Å². The largest absolute Gasteiger partial charge is 0.496 e. The zero-order valence-electron chi connectivity index (χ0n) is 17.0. The lowest BCUT2D eigenvalue weighted by Crippen LogP contribution is -2.45. The molecule has 1 fully saturated rings. The highest BCUT2D eigenvalue weighted by molar-refractivity contribution is 7.92. The number of fused-ring (bicyclic) bond motifs is 1. The van der Waals surface area contributed by atoms with Crippen molar-refractivity contribution < 1.29 is 13.2 Å². The molecule has 2 aliphatic heterocycles. The van der Waals surface area contributed by atoms with Gasteiger partial charge in [-0.25, -0.2) is 8.42 Å². The fourth-order valence-corrected chi connectivity index (χ4v) is 5.41. The Kier molecular flexibility index (Phi) is 5.81. The number of hydrogen-bond acceptors (Lipinski definition) is 5. The molecule has 4 rings (SSSR count). The molecule has 6 nitrogen and oxygen atoms in total. The van der Waals surface area contributed by atoms with Crippen LogP contribution in [-0.4, -0.2) is 40.9 Å². The minimum absolute atomic E-state index is 0.262. The van der Waals surface area contributed by atoms with E-state index < -0.39 is 10.0 Å². The van der Waals surface area contributed by atoms with Crippen LogP contribution >= 0.6 is 0 Å². The molecule has 0 unspecified atom stereocenters. The SMILES string of the molecule is COc1cc2c(cc1CN[C@@H]1CCCN[C@@H]1c1ccccc1)N(S(C)(=O)=O)CC2. The monoisotopic (exact) mass is 415 g/mol. The third kappa shape index (κ3) is 4.27. The highest BCUT2D eigenvalue weighted by Gasteiger charge is 2.29. The third-order valence-corrected chi connectivity index (χ3v) is 7.09. The Bertz CT molecular complexity index is 963. The summed E-state index contributed by atoms with van der Waals surface area (Å²) in [6.45, 7) is 2.14. The molecule has 2 aromatic carbocycles. The topological polar surface area (TPSA) is 70.7 Å². The zero-order chi connectivity index (χ0) is 20.4. The molecule has 2 atom stereocenters. The van der Waals surface area contributed by atoms with Gasteiger partial charge < -0.3 is 15.4 Å². The number of anilines is 1. The van der Waals surface area contributed by atoms with Crippen LogP contribution in [0.5, 0.6) is 5.75 Å². The van der Waals surface area contributed by atoms with Gasteiger partial charge in [-0.1, -0.05) is 30.3 Å². The summed E-state index contributed by atoms with van der Waals surface area (Å²) in [7, 11) is -1.60. The van der Waals surface area contributed by atoms with Crippen molar-refractivity contribution in [3.8, 4) is 5.75 Å². The van der Waals surface area contributed by atoms with E-state index in [0.29, 0.717) is 19.1 Å². The van der Waals surface area contributed by atoms with Gasteiger partial charge in [-0.2, -0.15) is 0 Å². The fourth-order valence-electron chi connectivity index (χ4n) is 4.46. The molecule has 0 bridgehead atoms. The molecule has 0 saturated carbocycles. The van der Waals surface area contributed by atoms with Gasteiger partial charge in [0.05, 0.1) is 19.1 Å². The van der Waals surface area contributed by atoms with Gasteiger partial charge in [0.2, 0.25) is 10.0 Å². The van der Waals surface area contributed by atoms with E-state index in [1.54, 1.807) is 7.11 Å². The molecular weight excluding hydrogens is 386 g/mol. The number of nitrogens with zero attached hydrogens (tertiary/aromatic N) is 1. The van der Waals surface area contributed by atoms with Crippen molar-refractivity contribution in [3.63, 3.8) is 0 Å². The first-order valence-corrected chi connectivity index (χ1v) is 12.0. The minimum Gasteiger partial charge on any atom is -0.496 e. The van der Waals surface area contributed by atoms with Gasteiger partial charge in [0.25, 0.3) is 0 Å². The quantitative estimate of drug-likeness (QED) is 0.759. The van der Waals surface area contributed by atoms with Crippen LogP contribution in [0.1, 0.15) is 35.6 Å². The summed E-state index contributed by atoms with van der Waals surface area (Å²) >= 11 is 0. The first-order chi connectivity index (χ1) is 14.0. The number of sulfonamides is 1. The van der Waals surface area contributed by atoms with Crippen molar-refractivity contribution >= 4 is 15.7 Å². The predicted molar refractivity (Wildman–Crippen MR) is 116 cm³/mol. The van der Waals surface area contributed by atoms with E-state index in [4.69, 9.17) is 4.74 Å². The molecule has 0 amide bonds. The van der Waals surface area contributed by atoms with Crippen LogP contribution in [0.3, 0.4) is 0 Å².